The van der Waals surface area contributed by atoms with Crippen LogP contribution in [0.15, 0.2) is 66.9 Å². The molecule has 5 nitrogen and oxygen atoms in total. The van der Waals surface area contributed by atoms with Crippen molar-refractivity contribution in [1.82, 2.24) is 9.30 Å². The van der Waals surface area contributed by atoms with Gasteiger partial charge in [-0.2, -0.15) is 0 Å². The largest absolute Gasteiger partial charge is 0.369 e. The highest BCUT2D eigenvalue weighted by Gasteiger charge is 2.42. The number of hydrogen-bond donors (Lipinski definition) is 1. The quantitative estimate of drug-likeness (QED) is 0.388. The molecule has 2 amide bonds. The van der Waals surface area contributed by atoms with E-state index in [1.54, 1.807) is 6.07 Å². The Balaban J connectivity index is 1.32. The van der Waals surface area contributed by atoms with Crippen molar-refractivity contribution in [2.24, 2.45) is 11.7 Å². The van der Waals surface area contributed by atoms with E-state index in [0.717, 1.165) is 35.2 Å². The summed E-state index contributed by atoms with van der Waals surface area (Å²) in [6, 6.07) is 19.3. The van der Waals surface area contributed by atoms with Gasteiger partial charge >= 0.3 is 0 Å². The van der Waals surface area contributed by atoms with Crippen molar-refractivity contribution in [1.29, 1.82) is 0 Å². The lowest BCUT2D eigenvalue weighted by molar-refractivity contribution is -0.119. The van der Waals surface area contributed by atoms with Crippen LogP contribution < -0.4 is 5.73 Å². The summed E-state index contributed by atoms with van der Waals surface area (Å²) in [5.41, 5.74) is 12.5. The Morgan fingerprint density at radius 1 is 1.08 bits per heavy atom. The number of carbonyl (C=O) groups excluding carboxylic acids is 2. The zero-order valence-electron chi connectivity index (χ0n) is 21.1. The third kappa shape index (κ3) is 4.01. The minimum atomic E-state index is -0.325. The first-order valence-electron chi connectivity index (χ1n) is 13.0. The molecule has 1 fully saturated rings. The van der Waals surface area contributed by atoms with Gasteiger partial charge < -0.3 is 15.0 Å². The molecule has 3 atom stereocenters. The van der Waals surface area contributed by atoms with Crippen LogP contribution in [0.3, 0.4) is 0 Å². The van der Waals surface area contributed by atoms with Crippen molar-refractivity contribution >= 4 is 17.3 Å². The molecule has 2 aliphatic rings. The Hall–Kier alpha value is -3.93. The molecule has 2 aromatic carbocycles. The molecule has 1 saturated carbocycles. The van der Waals surface area contributed by atoms with Crippen LogP contribution in [0.25, 0.3) is 16.6 Å². The van der Waals surface area contributed by atoms with E-state index < -0.39 is 0 Å². The van der Waals surface area contributed by atoms with Crippen LogP contribution in [0.2, 0.25) is 0 Å². The van der Waals surface area contributed by atoms with Gasteiger partial charge in [0.15, 0.2) is 0 Å². The Labute approximate surface area is 215 Å². The first kappa shape index (κ1) is 23.5. The molecule has 4 aromatic rings. The lowest BCUT2D eigenvalue weighted by Crippen LogP contribution is -2.38. The highest BCUT2D eigenvalue weighted by atomic mass is 19.1. The molecule has 6 rings (SSSR count). The third-order valence-electron chi connectivity index (χ3n) is 8.14. The minimum Gasteiger partial charge on any atom is -0.369 e. The predicted octanol–water partition coefficient (Wildman–Crippen LogP) is 5.66. The van der Waals surface area contributed by atoms with Crippen LogP contribution in [0, 0.1) is 11.7 Å². The summed E-state index contributed by atoms with van der Waals surface area (Å²) in [5.74, 6) is -0.807. The molecule has 0 spiro atoms. The molecule has 2 N–H and O–H groups in total. The minimum absolute atomic E-state index is 0.00865. The maximum Gasteiger partial charge on any atom is 0.254 e. The summed E-state index contributed by atoms with van der Waals surface area (Å²) in [7, 11) is 0. The number of halogens is 1. The number of benzene rings is 2. The standard InChI is InChI=1S/C31H30FN3O2/c1-3-23-12-21(31(37)34-11-10-19-6-4-5-7-25(19)18(34)2)13-24-14-22(17-35(23)24)26-9-8-20(15-29(26)32)27-16-28(27)30(33)36/h4-9,12-15,17-18,27-28H,3,10-11,16H2,1-2H3,(H2,33,36)/t18-,27-,28+/m1/s1. The van der Waals surface area contributed by atoms with Crippen LogP contribution in [0.1, 0.15) is 65.0 Å². The second kappa shape index (κ2) is 8.87. The predicted molar refractivity (Wildman–Crippen MR) is 142 cm³/mol. The van der Waals surface area contributed by atoms with Gasteiger partial charge in [0.25, 0.3) is 5.91 Å². The van der Waals surface area contributed by atoms with E-state index in [4.69, 9.17) is 5.73 Å². The molecule has 0 saturated heterocycles. The van der Waals surface area contributed by atoms with Crippen molar-refractivity contribution in [3.8, 4) is 11.1 Å². The topological polar surface area (TPSA) is 67.8 Å². The van der Waals surface area contributed by atoms with Crippen LogP contribution in [0.4, 0.5) is 4.39 Å². The Morgan fingerprint density at radius 3 is 2.62 bits per heavy atom. The third-order valence-corrected chi connectivity index (χ3v) is 8.14. The van der Waals surface area contributed by atoms with Gasteiger partial charge in [0, 0.05) is 46.6 Å². The number of nitrogens with zero attached hydrogens (tertiary/aromatic N) is 2. The maximum absolute atomic E-state index is 15.2. The molecule has 2 aromatic heterocycles. The van der Waals surface area contributed by atoms with Crippen LogP contribution in [0.5, 0.6) is 0 Å². The average Bonchev–Trinajstić information content (AvgIpc) is 3.60. The average molecular weight is 496 g/mol. The van der Waals surface area contributed by atoms with Crippen molar-refractivity contribution in [2.75, 3.05) is 6.54 Å². The van der Waals surface area contributed by atoms with E-state index in [-0.39, 0.29) is 35.5 Å². The fraction of sp³-hybridized carbons (Fsp3) is 0.290. The number of pyridine rings is 1. The fourth-order valence-electron chi connectivity index (χ4n) is 5.92. The number of aryl methyl sites for hydroxylation is 1. The molecule has 0 bridgehead atoms. The second-order valence-electron chi connectivity index (χ2n) is 10.3. The first-order chi connectivity index (χ1) is 17.9. The zero-order chi connectivity index (χ0) is 25.8. The summed E-state index contributed by atoms with van der Waals surface area (Å²) < 4.78 is 17.2. The summed E-state index contributed by atoms with van der Waals surface area (Å²) in [6.45, 7) is 4.83. The summed E-state index contributed by atoms with van der Waals surface area (Å²) in [6.07, 6.45) is 4.20. The monoisotopic (exact) mass is 495 g/mol. The lowest BCUT2D eigenvalue weighted by Gasteiger charge is -2.35. The highest BCUT2D eigenvalue weighted by molar-refractivity contribution is 5.96. The molecule has 1 aliphatic carbocycles. The summed E-state index contributed by atoms with van der Waals surface area (Å²) >= 11 is 0. The van der Waals surface area contributed by atoms with E-state index in [0.29, 0.717) is 24.1 Å². The summed E-state index contributed by atoms with van der Waals surface area (Å²) in [5, 5.41) is 0. The number of carbonyl (C=O) groups is 2. The number of aromatic nitrogens is 1. The van der Waals surface area contributed by atoms with Crippen LogP contribution in [-0.2, 0) is 17.6 Å². The zero-order valence-corrected chi connectivity index (χ0v) is 21.1. The molecular formula is C31H30FN3O2. The Kier molecular flexibility index (Phi) is 5.63. The second-order valence-corrected chi connectivity index (χ2v) is 10.3. The molecular weight excluding hydrogens is 465 g/mol. The number of rotatable bonds is 5. The van der Waals surface area contributed by atoms with Crippen molar-refractivity contribution in [3.05, 3.63) is 101 Å². The Bertz CT molecular complexity index is 1560. The van der Waals surface area contributed by atoms with Gasteiger partial charge in [0.2, 0.25) is 5.91 Å². The molecule has 6 heteroatoms. The molecule has 0 unspecified atom stereocenters. The number of nitrogens with two attached hydrogens (primary N) is 1. The maximum atomic E-state index is 15.2. The van der Waals surface area contributed by atoms with E-state index >= 15 is 4.39 Å². The number of primary amides is 1. The van der Waals surface area contributed by atoms with Gasteiger partial charge in [-0.25, -0.2) is 4.39 Å². The van der Waals surface area contributed by atoms with Gasteiger partial charge in [0.1, 0.15) is 5.82 Å². The van der Waals surface area contributed by atoms with Crippen molar-refractivity contribution in [3.63, 3.8) is 0 Å². The number of fused-ring (bicyclic) bond motifs is 2. The van der Waals surface area contributed by atoms with Gasteiger partial charge in [0.05, 0.1) is 6.04 Å². The van der Waals surface area contributed by atoms with E-state index in [2.05, 4.69) is 32.0 Å². The molecule has 3 heterocycles. The first-order valence-corrected chi connectivity index (χ1v) is 13.0. The van der Waals surface area contributed by atoms with Crippen LogP contribution >= 0.6 is 0 Å². The van der Waals surface area contributed by atoms with Gasteiger partial charge in [-0.15, -0.1) is 0 Å². The fourth-order valence-corrected chi connectivity index (χ4v) is 5.92. The normalized spacial score (nSPS) is 20.6. The van der Waals surface area contributed by atoms with Crippen LogP contribution in [-0.4, -0.2) is 27.7 Å². The lowest BCUT2D eigenvalue weighted by atomic mass is 9.93. The highest BCUT2D eigenvalue weighted by Crippen LogP contribution is 2.47. The molecule has 37 heavy (non-hydrogen) atoms. The number of amides is 2. The van der Waals surface area contributed by atoms with Crippen molar-refractivity contribution < 1.29 is 14.0 Å². The summed E-state index contributed by atoms with van der Waals surface area (Å²) in [4.78, 5) is 27.0. The molecule has 188 valence electrons. The Morgan fingerprint density at radius 2 is 1.89 bits per heavy atom. The van der Waals surface area contributed by atoms with Crippen molar-refractivity contribution in [2.45, 2.75) is 45.1 Å². The van der Waals surface area contributed by atoms with Gasteiger partial charge in [-0.1, -0.05) is 43.3 Å². The number of hydrogen-bond acceptors (Lipinski definition) is 2. The molecule has 0 radical (unpaired) electrons. The van der Waals surface area contributed by atoms with Gasteiger partial charge in [-0.3, -0.25) is 9.59 Å². The van der Waals surface area contributed by atoms with E-state index in [1.807, 2.05) is 45.8 Å². The van der Waals surface area contributed by atoms with E-state index in [9.17, 15) is 9.59 Å². The smallest absolute Gasteiger partial charge is 0.254 e. The van der Waals surface area contributed by atoms with E-state index in [1.165, 1.54) is 17.2 Å². The SMILES string of the molecule is CCc1cc(C(=O)N2CCc3ccccc3[C@H]2C)cc2cc(-c3ccc([C@H]4C[C@@H]4C(N)=O)cc3F)cn12. The molecule has 1 aliphatic heterocycles. The van der Waals surface area contributed by atoms with Gasteiger partial charge in [-0.05, 0) is 73.1 Å².